The number of hydrogen-bond donors (Lipinski definition) is 0. The van der Waals surface area contributed by atoms with Crippen LogP contribution in [0.15, 0.2) is 48.8 Å². The summed E-state index contributed by atoms with van der Waals surface area (Å²) >= 11 is 0. The summed E-state index contributed by atoms with van der Waals surface area (Å²) in [6.45, 7) is 1.06. The molecular formula is C24H35IN2O. The average molecular weight is 494 g/mol. The summed E-state index contributed by atoms with van der Waals surface area (Å²) in [6.07, 6.45) is 17.0. The monoisotopic (exact) mass is 494 g/mol. The molecule has 1 aromatic carbocycles. The first-order chi connectivity index (χ1) is 13.3. The minimum atomic E-state index is 0. The molecule has 154 valence electrons. The van der Waals surface area contributed by atoms with Gasteiger partial charge in [-0.2, -0.15) is 0 Å². The first-order valence-corrected chi connectivity index (χ1v) is 10.6. The predicted octanol–water partition coefficient (Wildman–Crippen LogP) is 2.80. The van der Waals surface area contributed by atoms with Gasteiger partial charge < -0.3 is 33.6 Å². The van der Waals surface area contributed by atoms with Crippen LogP contribution in [-0.4, -0.2) is 13.7 Å². The van der Waals surface area contributed by atoms with Crippen molar-refractivity contribution in [2.75, 3.05) is 18.6 Å². The topological polar surface area (TPSA) is 16.4 Å². The molecule has 1 heterocycles. The standard InChI is InChI=1S/C24H35N2O.HI/c1-25-18-9-13-23(20-25)26(22-14-16-24(27-2)17-15-22)19-8-4-7-12-21-10-5-3-6-11-21;/h9,13-18,20-21H,3-8,10-12,19H2,1-2H3;1H/q+1;/p-1. The fraction of sp³-hybridized carbons (Fsp3) is 0.542. The van der Waals surface area contributed by atoms with Gasteiger partial charge in [0.25, 0.3) is 0 Å². The number of aryl methyl sites for hydroxylation is 1. The van der Waals surface area contributed by atoms with E-state index in [2.05, 4.69) is 53.2 Å². The van der Waals surface area contributed by atoms with Gasteiger partial charge in [-0.15, -0.1) is 0 Å². The van der Waals surface area contributed by atoms with Gasteiger partial charge >= 0.3 is 0 Å². The zero-order valence-corrected chi connectivity index (χ0v) is 19.6. The second-order valence-corrected chi connectivity index (χ2v) is 7.93. The molecule has 0 saturated heterocycles. The van der Waals surface area contributed by atoms with Crippen LogP contribution in [-0.2, 0) is 7.05 Å². The highest BCUT2D eigenvalue weighted by Crippen LogP contribution is 2.29. The average Bonchev–Trinajstić information content (AvgIpc) is 2.71. The maximum Gasteiger partial charge on any atom is 0.192 e. The number of hydrogen-bond acceptors (Lipinski definition) is 2. The van der Waals surface area contributed by atoms with E-state index >= 15 is 0 Å². The van der Waals surface area contributed by atoms with Crippen molar-refractivity contribution in [3.8, 4) is 5.75 Å². The van der Waals surface area contributed by atoms with E-state index in [9.17, 15) is 0 Å². The van der Waals surface area contributed by atoms with Gasteiger partial charge in [0.15, 0.2) is 12.4 Å². The lowest BCUT2D eigenvalue weighted by molar-refractivity contribution is -0.670. The zero-order valence-electron chi connectivity index (χ0n) is 17.4. The summed E-state index contributed by atoms with van der Waals surface area (Å²) in [5.41, 5.74) is 2.48. The van der Waals surface area contributed by atoms with Crippen LogP contribution in [0.25, 0.3) is 0 Å². The van der Waals surface area contributed by atoms with Gasteiger partial charge in [0.1, 0.15) is 18.5 Å². The maximum atomic E-state index is 5.32. The Balaban J connectivity index is 0.00000280. The number of aromatic nitrogens is 1. The molecule has 4 heteroatoms. The van der Waals surface area contributed by atoms with Gasteiger partial charge in [-0.1, -0.05) is 51.4 Å². The molecule has 0 atom stereocenters. The largest absolute Gasteiger partial charge is 1.00 e. The SMILES string of the molecule is COc1ccc(N(CCCCCC2CCCCC2)c2ccc[n+](C)c2)cc1.[I-]. The van der Waals surface area contributed by atoms with E-state index < -0.39 is 0 Å². The Morgan fingerprint density at radius 1 is 0.964 bits per heavy atom. The van der Waals surface area contributed by atoms with Crippen molar-refractivity contribution in [2.24, 2.45) is 13.0 Å². The Bertz CT molecular complexity index is 683. The van der Waals surface area contributed by atoms with Crippen LogP contribution in [0.4, 0.5) is 11.4 Å². The Morgan fingerprint density at radius 2 is 1.71 bits per heavy atom. The van der Waals surface area contributed by atoms with Gasteiger partial charge in [0.2, 0.25) is 0 Å². The molecule has 0 amide bonds. The van der Waals surface area contributed by atoms with Crippen molar-refractivity contribution in [3.63, 3.8) is 0 Å². The fourth-order valence-corrected chi connectivity index (χ4v) is 4.26. The molecule has 0 spiro atoms. The fourth-order valence-electron chi connectivity index (χ4n) is 4.26. The van der Waals surface area contributed by atoms with E-state index in [1.807, 2.05) is 12.1 Å². The van der Waals surface area contributed by atoms with Gasteiger partial charge in [-0.25, -0.2) is 4.57 Å². The Morgan fingerprint density at radius 3 is 2.39 bits per heavy atom. The highest BCUT2D eigenvalue weighted by Gasteiger charge is 2.14. The second kappa shape index (κ2) is 12.3. The molecule has 1 fully saturated rings. The number of rotatable bonds is 9. The van der Waals surface area contributed by atoms with E-state index in [4.69, 9.17) is 4.74 Å². The third-order valence-electron chi connectivity index (χ3n) is 5.84. The minimum absolute atomic E-state index is 0. The number of pyridine rings is 1. The van der Waals surface area contributed by atoms with E-state index in [-0.39, 0.29) is 24.0 Å². The third-order valence-corrected chi connectivity index (χ3v) is 5.84. The summed E-state index contributed by atoms with van der Waals surface area (Å²) in [7, 11) is 3.80. The summed E-state index contributed by atoms with van der Waals surface area (Å²) in [5.74, 6) is 1.91. The molecule has 1 aliphatic rings. The summed E-state index contributed by atoms with van der Waals surface area (Å²) in [5, 5.41) is 0. The van der Waals surface area contributed by atoms with Gasteiger partial charge in [0, 0.05) is 18.3 Å². The molecule has 2 aromatic rings. The van der Waals surface area contributed by atoms with Crippen molar-refractivity contribution in [1.82, 2.24) is 0 Å². The van der Waals surface area contributed by atoms with Crippen LogP contribution in [0.2, 0.25) is 0 Å². The Kier molecular flexibility index (Phi) is 10.1. The molecule has 0 aliphatic heterocycles. The molecule has 0 N–H and O–H groups in total. The van der Waals surface area contributed by atoms with Crippen molar-refractivity contribution in [2.45, 2.75) is 57.8 Å². The van der Waals surface area contributed by atoms with Crippen LogP contribution >= 0.6 is 0 Å². The second-order valence-electron chi connectivity index (χ2n) is 7.93. The highest BCUT2D eigenvalue weighted by atomic mass is 127. The summed E-state index contributed by atoms with van der Waals surface area (Å²) < 4.78 is 7.44. The van der Waals surface area contributed by atoms with Crippen molar-refractivity contribution < 1.29 is 33.3 Å². The number of anilines is 2. The summed E-state index contributed by atoms with van der Waals surface area (Å²) in [4.78, 5) is 2.43. The molecular weight excluding hydrogens is 459 g/mol. The normalized spacial score (nSPS) is 14.4. The van der Waals surface area contributed by atoms with E-state index in [0.29, 0.717) is 0 Å². The number of unbranched alkanes of at least 4 members (excludes halogenated alkanes) is 2. The Labute approximate surface area is 188 Å². The smallest absolute Gasteiger partial charge is 0.192 e. The Hall–Kier alpha value is -1.30. The number of methoxy groups -OCH3 is 1. The lowest BCUT2D eigenvalue weighted by atomic mass is 9.85. The number of benzene rings is 1. The van der Waals surface area contributed by atoms with E-state index in [0.717, 1.165) is 18.2 Å². The van der Waals surface area contributed by atoms with Crippen LogP contribution in [0.5, 0.6) is 5.75 Å². The van der Waals surface area contributed by atoms with Crippen LogP contribution in [0, 0.1) is 5.92 Å². The van der Waals surface area contributed by atoms with E-state index in [1.165, 1.54) is 69.2 Å². The third kappa shape index (κ3) is 6.94. The molecule has 28 heavy (non-hydrogen) atoms. The minimum Gasteiger partial charge on any atom is -1.00 e. The van der Waals surface area contributed by atoms with Crippen LogP contribution in [0.1, 0.15) is 57.8 Å². The molecule has 1 saturated carbocycles. The van der Waals surface area contributed by atoms with Gasteiger partial charge in [-0.3, -0.25) is 0 Å². The first-order valence-electron chi connectivity index (χ1n) is 10.6. The van der Waals surface area contributed by atoms with Crippen LogP contribution < -0.4 is 38.2 Å². The van der Waals surface area contributed by atoms with E-state index in [1.54, 1.807) is 7.11 Å². The zero-order chi connectivity index (χ0) is 18.9. The lowest BCUT2D eigenvalue weighted by Crippen LogP contribution is -3.00. The number of ether oxygens (including phenoxy) is 1. The summed E-state index contributed by atoms with van der Waals surface area (Å²) in [6, 6.07) is 12.7. The first kappa shape index (κ1) is 23.0. The van der Waals surface area contributed by atoms with Gasteiger partial charge in [0.05, 0.1) is 7.11 Å². The van der Waals surface area contributed by atoms with Crippen molar-refractivity contribution >= 4 is 11.4 Å². The highest BCUT2D eigenvalue weighted by molar-refractivity contribution is 5.62. The number of nitrogens with zero attached hydrogens (tertiary/aromatic N) is 2. The quantitative estimate of drug-likeness (QED) is 0.303. The molecule has 0 unspecified atom stereocenters. The van der Waals surface area contributed by atoms with Crippen LogP contribution in [0.3, 0.4) is 0 Å². The van der Waals surface area contributed by atoms with Crippen molar-refractivity contribution in [3.05, 3.63) is 48.8 Å². The molecule has 1 aromatic heterocycles. The molecule has 1 aliphatic carbocycles. The molecule has 3 rings (SSSR count). The molecule has 3 nitrogen and oxygen atoms in total. The molecule has 0 radical (unpaired) electrons. The molecule has 0 bridgehead atoms. The van der Waals surface area contributed by atoms with Crippen molar-refractivity contribution in [1.29, 1.82) is 0 Å². The predicted molar refractivity (Wildman–Crippen MR) is 113 cm³/mol. The number of halogens is 1. The lowest BCUT2D eigenvalue weighted by Gasteiger charge is -2.24. The maximum absolute atomic E-state index is 5.32. The van der Waals surface area contributed by atoms with Gasteiger partial charge in [-0.05, 0) is 42.7 Å².